The number of carbonyl (C=O) groups is 1. The maximum Gasteiger partial charge on any atom is 0.308 e. The van der Waals surface area contributed by atoms with Crippen LogP contribution in [0.25, 0.3) is 10.9 Å². The van der Waals surface area contributed by atoms with Crippen molar-refractivity contribution >= 4 is 22.6 Å². The number of rotatable bonds is 2. The summed E-state index contributed by atoms with van der Waals surface area (Å²) in [4.78, 5) is 18.1. The van der Waals surface area contributed by atoms with Gasteiger partial charge in [0.15, 0.2) is 0 Å². The van der Waals surface area contributed by atoms with Crippen molar-refractivity contribution in [2.45, 2.75) is 20.3 Å². The van der Waals surface area contributed by atoms with Crippen molar-refractivity contribution in [1.82, 2.24) is 4.98 Å². The molecule has 2 atom stereocenters. The molecule has 0 spiro atoms. The van der Waals surface area contributed by atoms with Crippen molar-refractivity contribution in [2.24, 2.45) is 11.8 Å². The number of hydrogen-bond donors (Lipinski definition) is 1. The second-order valence-corrected chi connectivity index (χ2v) is 6.08. The minimum absolute atomic E-state index is 0.291. The molecule has 0 amide bonds. The van der Waals surface area contributed by atoms with Gasteiger partial charge in [0.1, 0.15) is 0 Å². The highest BCUT2D eigenvalue weighted by Crippen LogP contribution is 2.32. The number of aromatic nitrogens is 1. The van der Waals surface area contributed by atoms with Crippen molar-refractivity contribution in [3.8, 4) is 0 Å². The molecule has 21 heavy (non-hydrogen) atoms. The summed E-state index contributed by atoms with van der Waals surface area (Å²) in [6, 6.07) is 10.1. The molecule has 2 unspecified atom stereocenters. The van der Waals surface area contributed by atoms with Gasteiger partial charge in [-0.25, -0.2) is 0 Å². The summed E-state index contributed by atoms with van der Waals surface area (Å²) in [6.45, 7) is 5.58. The fourth-order valence-corrected chi connectivity index (χ4v) is 3.27. The number of benzene rings is 1. The van der Waals surface area contributed by atoms with Gasteiger partial charge in [0, 0.05) is 29.9 Å². The summed E-state index contributed by atoms with van der Waals surface area (Å²) in [7, 11) is 0. The number of aliphatic carboxylic acids is 1. The van der Waals surface area contributed by atoms with Crippen LogP contribution in [-0.4, -0.2) is 29.1 Å². The van der Waals surface area contributed by atoms with Crippen LogP contribution in [0.3, 0.4) is 0 Å². The molecule has 1 aliphatic rings. The molecule has 1 aliphatic heterocycles. The predicted octanol–water partition coefficient (Wildman–Crippen LogP) is 3.09. The van der Waals surface area contributed by atoms with Gasteiger partial charge in [-0.2, -0.15) is 0 Å². The molecule has 2 heterocycles. The van der Waals surface area contributed by atoms with E-state index >= 15 is 0 Å². The first kappa shape index (κ1) is 13.9. The largest absolute Gasteiger partial charge is 0.481 e. The third-order valence-electron chi connectivity index (χ3n) is 4.17. The van der Waals surface area contributed by atoms with Gasteiger partial charge in [0.25, 0.3) is 0 Å². The SMILES string of the molecule is Cc1cc(N2CC(C)CC(C(=O)O)C2)c2ccccc2n1. The first-order valence-electron chi connectivity index (χ1n) is 7.38. The zero-order valence-corrected chi connectivity index (χ0v) is 12.4. The summed E-state index contributed by atoms with van der Waals surface area (Å²) < 4.78 is 0. The molecule has 3 rings (SSSR count). The number of piperidine rings is 1. The minimum Gasteiger partial charge on any atom is -0.481 e. The monoisotopic (exact) mass is 284 g/mol. The molecular weight excluding hydrogens is 264 g/mol. The third kappa shape index (κ3) is 2.71. The van der Waals surface area contributed by atoms with E-state index in [1.54, 1.807) is 0 Å². The van der Waals surface area contributed by atoms with Gasteiger partial charge in [-0.05, 0) is 31.4 Å². The van der Waals surface area contributed by atoms with Crippen LogP contribution in [0.15, 0.2) is 30.3 Å². The molecule has 0 bridgehead atoms. The Hall–Kier alpha value is -2.10. The standard InChI is InChI=1S/C17H20N2O2/c1-11-7-13(17(20)21)10-19(9-11)16-8-12(2)18-15-6-4-3-5-14(15)16/h3-6,8,11,13H,7,9-10H2,1-2H3,(H,20,21). The second kappa shape index (κ2) is 5.35. The summed E-state index contributed by atoms with van der Waals surface area (Å²) in [6.07, 6.45) is 0.758. The summed E-state index contributed by atoms with van der Waals surface area (Å²) in [5, 5.41) is 10.4. The molecule has 110 valence electrons. The van der Waals surface area contributed by atoms with Crippen molar-refractivity contribution in [2.75, 3.05) is 18.0 Å². The zero-order valence-electron chi connectivity index (χ0n) is 12.4. The van der Waals surface area contributed by atoms with Crippen molar-refractivity contribution in [3.05, 3.63) is 36.0 Å². The minimum atomic E-state index is -0.693. The Labute approximate surface area is 124 Å². The van der Waals surface area contributed by atoms with Crippen LogP contribution in [0.5, 0.6) is 0 Å². The number of nitrogens with zero attached hydrogens (tertiary/aromatic N) is 2. The Morgan fingerprint density at radius 1 is 1.33 bits per heavy atom. The van der Waals surface area contributed by atoms with E-state index in [0.29, 0.717) is 12.5 Å². The predicted molar refractivity (Wildman–Crippen MR) is 83.6 cm³/mol. The number of fused-ring (bicyclic) bond motifs is 1. The van der Waals surface area contributed by atoms with Gasteiger partial charge >= 0.3 is 5.97 Å². The van der Waals surface area contributed by atoms with Crippen LogP contribution in [0.1, 0.15) is 19.0 Å². The number of anilines is 1. The van der Waals surface area contributed by atoms with E-state index in [4.69, 9.17) is 0 Å². The maximum absolute atomic E-state index is 11.4. The van der Waals surface area contributed by atoms with Crippen LogP contribution >= 0.6 is 0 Å². The van der Waals surface area contributed by atoms with E-state index in [1.807, 2.05) is 25.1 Å². The molecule has 0 radical (unpaired) electrons. The van der Waals surface area contributed by atoms with E-state index in [0.717, 1.165) is 35.2 Å². The molecule has 1 N–H and O–H groups in total. The molecule has 0 saturated carbocycles. The highest BCUT2D eigenvalue weighted by molar-refractivity contribution is 5.92. The Kier molecular flexibility index (Phi) is 3.53. The lowest BCUT2D eigenvalue weighted by Gasteiger charge is -2.37. The molecule has 4 nitrogen and oxygen atoms in total. The highest BCUT2D eigenvalue weighted by atomic mass is 16.4. The number of para-hydroxylation sites is 1. The highest BCUT2D eigenvalue weighted by Gasteiger charge is 2.30. The average Bonchev–Trinajstić information content (AvgIpc) is 2.45. The van der Waals surface area contributed by atoms with Crippen LogP contribution in [0.4, 0.5) is 5.69 Å². The van der Waals surface area contributed by atoms with Crippen LogP contribution in [0, 0.1) is 18.8 Å². The maximum atomic E-state index is 11.4. The van der Waals surface area contributed by atoms with E-state index in [-0.39, 0.29) is 5.92 Å². The normalized spacial score (nSPS) is 22.5. The molecule has 1 aromatic heterocycles. The fourth-order valence-electron chi connectivity index (χ4n) is 3.27. The first-order chi connectivity index (χ1) is 10.0. The summed E-state index contributed by atoms with van der Waals surface area (Å²) in [5.41, 5.74) is 3.04. The number of aryl methyl sites for hydroxylation is 1. The lowest BCUT2D eigenvalue weighted by molar-refractivity contribution is -0.142. The van der Waals surface area contributed by atoms with Gasteiger partial charge in [-0.1, -0.05) is 25.1 Å². The van der Waals surface area contributed by atoms with E-state index < -0.39 is 5.97 Å². The Balaban J connectivity index is 2.05. The molecular formula is C17H20N2O2. The van der Waals surface area contributed by atoms with Crippen molar-refractivity contribution < 1.29 is 9.90 Å². The number of hydrogen-bond acceptors (Lipinski definition) is 3. The van der Waals surface area contributed by atoms with E-state index in [1.165, 1.54) is 0 Å². The van der Waals surface area contributed by atoms with Gasteiger partial charge in [-0.15, -0.1) is 0 Å². The Bertz CT molecular complexity index is 684. The van der Waals surface area contributed by atoms with Gasteiger partial charge in [0.05, 0.1) is 11.4 Å². The lowest BCUT2D eigenvalue weighted by atomic mass is 9.90. The van der Waals surface area contributed by atoms with E-state index in [2.05, 4.69) is 28.9 Å². The second-order valence-electron chi connectivity index (χ2n) is 6.08. The average molecular weight is 284 g/mol. The van der Waals surface area contributed by atoms with Crippen LogP contribution in [0.2, 0.25) is 0 Å². The van der Waals surface area contributed by atoms with E-state index in [9.17, 15) is 9.90 Å². The molecule has 0 aliphatic carbocycles. The fraction of sp³-hybridized carbons (Fsp3) is 0.412. The Morgan fingerprint density at radius 2 is 2.10 bits per heavy atom. The third-order valence-corrected chi connectivity index (χ3v) is 4.17. The molecule has 2 aromatic rings. The summed E-state index contributed by atoms with van der Waals surface area (Å²) in [5.74, 6) is -0.602. The van der Waals surface area contributed by atoms with Crippen LogP contribution in [-0.2, 0) is 4.79 Å². The zero-order chi connectivity index (χ0) is 15.0. The molecule has 1 aromatic carbocycles. The van der Waals surface area contributed by atoms with Gasteiger partial charge in [-0.3, -0.25) is 9.78 Å². The van der Waals surface area contributed by atoms with Crippen LogP contribution < -0.4 is 4.90 Å². The lowest BCUT2D eigenvalue weighted by Crippen LogP contribution is -2.42. The molecule has 1 fully saturated rings. The van der Waals surface area contributed by atoms with Crippen molar-refractivity contribution in [3.63, 3.8) is 0 Å². The summed E-state index contributed by atoms with van der Waals surface area (Å²) >= 11 is 0. The number of pyridine rings is 1. The quantitative estimate of drug-likeness (QED) is 0.920. The topological polar surface area (TPSA) is 53.4 Å². The molecule has 1 saturated heterocycles. The van der Waals surface area contributed by atoms with Crippen molar-refractivity contribution in [1.29, 1.82) is 0 Å². The molecule has 4 heteroatoms. The van der Waals surface area contributed by atoms with Gasteiger partial charge < -0.3 is 10.0 Å². The Morgan fingerprint density at radius 3 is 2.86 bits per heavy atom. The number of carboxylic acids is 1. The number of carboxylic acid groups (broad SMARTS) is 1. The smallest absolute Gasteiger partial charge is 0.308 e. The van der Waals surface area contributed by atoms with Gasteiger partial charge in [0.2, 0.25) is 0 Å². The first-order valence-corrected chi connectivity index (χ1v) is 7.38.